The maximum absolute atomic E-state index is 6.19. The minimum atomic E-state index is 0.233. The second-order valence-corrected chi connectivity index (χ2v) is 5.40. The van der Waals surface area contributed by atoms with Gasteiger partial charge in [-0.05, 0) is 24.3 Å². The van der Waals surface area contributed by atoms with Crippen LogP contribution in [0, 0.1) is 0 Å². The lowest BCUT2D eigenvalue weighted by molar-refractivity contribution is 1.03. The third-order valence-electron chi connectivity index (χ3n) is 2.48. The van der Waals surface area contributed by atoms with E-state index in [1.807, 2.05) is 36.4 Å². The quantitative estimate of drug-likeness (QED) is 0.532. The number of anilines is 2. The Labute approximate surface area is 132 Å². The highest BCUT2D eigenvalue weighted by atomic mass is 35.5. The van der Waals surface area contributed by atoms with Crippen LogP contribution in [-0.4, -0.2) is 6.67 Å². The molecule has 0 unspecified atom stereocenters. The van der Waals surface area contributed by atoms with Crippen molar-refractivity contribution in [2.24, 2.45) is 0 Å². The van der Waals surface area contributed by atoms with E-state index in [4.69, 9.17) is 46.8 Å². The highest BCUT2D eigenvalue weighted by Gasteiger charge is 2.13. The largest absolute Gasteiger partial charge is 0.263 e. The Morgan fingerprint density at radius 3 is 1.42 bits per heavy atom. The molecule has 2 nitrogen and oxygen atoms in total. The standard InChI is InChI=1S/C13H10Cl4N2/c14-10-5-1-3-7-12(10)18(16)9-19(17)13-8-4-2-6-11(13)15/h1-8H,9H2. The normalized spacial score (nSPS) is 10.3. The zero-order chi connectivity index (χ0) is 13.8. The monoisotopic (exact) mass is 334 g/mol. The molecule has 0 N–H and O–H groups in total. The first kappa shape index (κ1) is 14.6. The smallest absolute Gasteiger partial charge is 0.122 e. The van der Waals surface area contributed by atoms with Crippen LogP contribution in [0.5, 0.6) is 0 Å². The van der Waals surface area contributed by atoms with Gasteiger partial charge in [0.25, 0.3) is 0 Å². The average molecular weight is 336 g/mol. The van der Waals surface area contributed by atoms with E-state index in [0.29, 0.717) is 21.4 Å². The van der Waals surface area contributed by atoms with E-state index >= 15 is 0 Å². The Hall–Kier alpha value is -0.800. The highest BCUT2D eigenvalue weighted by Crippen LogP contribution is 2.30. The van der Waals surface area contributed by atoms with E-state index in [1.54, 1.807) is 12.1 Å². The second kappa shape index (κ2) is 6.58. The van der Waals surface area contributed by atoms with Crippen LogP contribution in [-0.2, 0) is 0 Å². The van der Waals surface area contributed by atoms with Crippen molar-refractivity contribution in [3.63, 3.8) is 0 Å². The summed E-state index contributed by atoms with van der Waals surface area (Å²) in [5.74, 6) is 0. The summed E-state index contributed by atoms with van der Waals surface area (Å²) in [4.78, 5) is 0. The summed E-state index contributed by atoms with van der Waals surface area (Å²) in [5, 5.41) is 1.11. The molecule has 6 heteroatoms. The molecule has 2 rings (SSSR count). The molecular weight excluding hydrogens is 326 g/mol. The van der Waals surface area contributed by atoms with E-state index in [1.165, 1.54) is 8.84 Å². The van der Waals surface area contributed by atoms with Gasteiger partial charge in [0.2, 0.25) is 0 Å². The topological polar surface area (TPSA) is 6.48 Å². The Bertz CT molecular complexity index is 512. The van der Waals surface area contributed by atoms with E-state index in [9.17, 15) is 0 Å². The van der Waals surface area contributed by atoms with Gasteiger partial charge in [-0.25, -0.2) is 0 Å². The SMILES string of the molecule is Clc1ccccc1N(Cl)CN(Cl)c1ccccc1Cl. The van der Waals surface area contributed by atoms with Crippen molar-refractivity contribution in [2.45, 2.75) is 0 Å². The molecule has 100 valence electrons. The maximum atomic E-state index is 6.19. The van der Waals surface area contributed by atoms with E-state index in [-0.39, 0.29) is 6.67 Å². The van der Waals surface area contributed by atoms with Gasteiger partial charge in [-0.2, -0.15) is 0 Å². The minimum absolute atomic E-state index is 0.233. The predicted octanol–water partition coefficient (Wildman–Crippen LogP) is 5.57. The van der Waals surface area contributed by atoms with Gasteiger partial charge in [0.1, 0.15) is 6.67 Å². The first-order chi connectivity index (χ1) is 9.09. The molecule has 0 fully saturated rings. The molecule has 0 saturated carbocycles. The number of benzene rings is 2. The van der Waals surface area contributed by atoms with Crippen LogP contribution in [0.15, 0.2) is 48.5 Å². The van der Waals surface area contributed by atoms with Crippen LogP contribution in [0.25, 0.3) is 0 Å². The lowest BCUT2D eigenvalue weighted by atomic mass is 10.3. The number of hydrogen-bond acceptors (Lipinski definition) is 2. The van der Waals surface area contributed by atoms with Crippen LogP contribution >= 0.6 is 46.8 Å². The molecule has 0 atom stereocenters. The summed E-state index contributed by atoms with van der Waals surface area (Å²) in [5.41, 5.74) is 1.37. The summed E-state index contributed by atoms with van der Waals surface area (Å²) in [7, 11) is 0. The van der Waals surface area contributed by atoms with Crippen molar-refractivity contribution >= 4 is 58.1 Å². The van der Waals surface area contributed by atoms with Gasteiger partial charge >= 0.3 is 0 Å². The zero-order valence-electron chi connectivity index (χ0n) is 9.73. The summed E-state index contributed by atoms with van der Waals surface area (Å²) in [6, 6.07) is 14.5. The van der Waals surface area contributed by atoms with Crippen LogP contribution in [0.4, 0.5) is 11.4 Å². The van der Waals surface area contributed by atoms with E-state index in [0.717, 1.165) is 0 Å². The Morgan fingerprint density at radius 1 is 0.684 bits per heavy atom. The van der Waals surface area contributed by atoms with E-state index in [2.05, 4.69) is 0 Å². The molecule has 2 aromatic carbocycles. The van der Waals surface area contributed by atoms with Crippen molar-refractivity contribution in [3.8, 4) is 0 Å². The van der Waals surface area contributed by atoms with Crippen molar-refractivity contribution < 1.29 is 0 Å². The first-order valence-electron chi connectivity index (χ1n) is 5.45. The molecule has 0 aromatic heterocycles. The van der Waals surface area contributed by atoms with Crippen molar-refractivity contribution in [3.05, 3.63) is 58.6 Å². The fraction of sp³-hybridized carbons (Fsp3) is 0.0769. The van der Waals surface area contributed by atoms with Crippen molar-refractivity contribution in [2.75, 3.05) is 15.5 Å². The average Bonchev–Trinajstić information content (AvgIpc) is 2.39. The van der Waals surface area contributed by atoms with Crippen molar-refractivity contribution in [1.82, 2.24) is 0 Å². The van der Waals surface area contributed by atoms with Gasteiger partial charge in [0, 0.05) is 23.6 Å². The first-order valence-corrected chi connectivity index (χ1v) is 6.88. The molecule has 0 amide bonds. The molecule has 0 radical (unpaired) electrons. The van der Waals surface area contributed by atoms with Gasteiger partial charge in [0.05, 0.1) is 21.4 Å². The van der Waals surface area contributed by atoms with Crippen LogP contribution < -0.4 is 8.84 Å². The fourth-order valence-electron chi connectivity index (χ4n) is 1.56. The van der Waals surface area contributed by atoms with Gasteiger partial charge in [-0.3, -0.25) is 8.84 Å². The maximum Gasteiger partial charge on any atom is 0.122 e. The fourth-order valence-corrected chi connectivity index (χ4v) is 2.68. The van der Waals surface area contributed by atoms with Gasteiger partial charge in [-0.1, -0.05) is 47.5 Å². The molecule has 0 aliphatic carbocycles. The lowest BCUT2D eigenvalue weighted by Crippen LogP contribution is -2.25. The number of halogens is 4. The summed E-state index contributed by atoms with van der Waals surface area (Å²) in [6.45, 7) is 0.233. The Morgan fingerprint density at radius 2 is 1.05 bits per heavy atom. The highest BCUT2D eigenvalue weighted by molar-refractivity contribution is 6.38. The number of nitrogens with zero attached hydrogens (tertiary/aromatic N) is 2. The number of para-hydroxylation sites is 2. The molecule has 2 aromatic rings. The third-order valence-corrected chi connectivity index (χ3v) is 3.69. The second-order valence-electron chi connectivity index (χ2n) is 3.77. The molecule has 0 heterocycles. The molecule has 0 spiro atoms. The molecule has 19 heavy (non-hydrogen) atoms. The van der Waals surface area contributed by atoms with Crippen molar-refractivity contribution in [1.29, 1.82) is 0 Å². The molecule has 0 bridgehead atoms. The Balaban J connectivity index is 2.13. The molecule has 0 aliphatic heterocycles. The number of hydrogen-bond donors (Lipinski definition) is 0. The summed E-state index contributed by atoms with van der Waals surface area (Å²) < 4.78 is 2.86. The van der Waals surface area contributed by atoms with Crippen LogP contribution in [0.1, 0.15) is 0 Å². The van der Waals surface area contributed by atoms with Gasteiger partial charge in [-0.15, -0.1) is 0 Å². The van der Waals surface area contributed by atoms with Crippen LogP contribution in [0.3, 0.4) is 0 Å². The summed E-state index contributed by atoms with van der Waals surface area (Å²) >= 11 is 24.5. The van der Waals surface area contributed by atoms with Crippen LogP contribution in [0.2, 0.25) is 10.0 Å². The molecule has 0 aliphatic rings. The Kier molecular flexibility index (Phi) is 5.06. The van der Waals surface area contributed by atoms with Gasteiger partial charge < -0.3 is 0 Å². The predicted molar refractivity (Wildman–Crippen MR) is 84.4 cm³/mol. The lowest BCUT2D eigenvalue weighted by Gasteiger charge is -2.24. The summed E-state index contributed by atoms with van der Waals surface area (Å²) in [6.07, 6.45) is 0. The van der Waals surface area contributed by atoms with Gasteiger partial charge in [0.15, 0.2) is 0 Å². The minimum Gasteiger partial charge on any atom is -0.263 e. The third kappa shape index (κ3) is 3.61. The number of rotatable bonds is 4. The zero-order valence-corrected chi connectivity index (χ0v) is 12.8. The molecule has 0 saturated heterocycles. The van der Waals surface area contributed by atoms with E-state index < -0.39 is 0 Å². The molecular formula is C13H10Cl4N2.